The monoisotopic (exact) mass is 377 g/mol. The maximum absolute atomic E-state index is 7.29. The van der Waals surface area contributed by atoms with E-state index in [9.17, 15) is 0 Å². The van der Waals surface area contributed by atoms with Crippen molar-refractivity contribution in [2.45, 2.75) is 37.8 Å². The van der Waals surface area contributed by atoms with E-state index in [0.29, 0.717) is 0 Å². The molecule has 0 amide bonds. The summed E-state index contributed by atoms with van der Waals surface area (Å²) < 4.78 is 0. The van der Waals surface area contributed by atoms with Crippen molar-refractivity contribution in [3.8, 4) is 0 Å². The van der Waals surface area contributed by atoms with Crippen LogP contribution in [0, 0.1) is 0 Å². The van der Waals surface area contributed by atoms with E-state index >= 15 is 0 Å². The van der Waals surface area contributed by atoms with Crippen molar-refractivity contribution in [3.05, 3.63) is 11.5 Å². The quantitative estimate of drug-likeness (QED) is 0.419. The van der Waals surface area contributed by atoms with E-state index in [-0.39, 0.29) is 58.0 Å². The Morgan fingerprint density at radius 2 is 1.09 bits per heavy atom. The van der Waals surface area contributed by atoms with Crippen LogP contribution in [-0.4, -0.2) is 12.1 Å². The van der Waals surface area contributed by atoms with Crippen molar-refractivity contribution in [1.82, 2.24) is 0 Å². The van der Waals surface area contributed by atoms with Crippen molar-refractivity contribution in [2.24, 2.45) is 0 Å². The van der Waals surface area contributed by atoms with Crippen LogP contribution >= 0.6 is 0 Å². The van der Waals surface area contributed by atoms with E-state index < -0.39 is 0 Å². The van der Waals surface area contributed by atoms with Crippen molar-refractivity contribution >= 4 is 0 Å². The fourth-order valence-electron chi connectivity index (χ4n) is 1.13. The Kier molecular flexibility index (Phi) is 15.2. The molecule has 0 aromatic carbocycles. The summed E-state index contributed by atoms with van der Waals surface area (Å²) in [6.07, 6.45) is 4.25. The summed E-state index contributed by atoms with van der Waals surface area (Å²) >= 11 is 0. The molecule has 0 heterocycles. The molecule has 11 heavy (non-hydrogen) atoms. The molecule has 1 rings (SSSR count). The Bertz CT molecular complexity index is 75.0. The SMILES string of the molecule is [Cl-].[Cl-].[NH-][C@H]1CCCC[C@@H]1[NH-].[Pt+4]. The van der Waals surface area contributed by atoms with Gasteiger partial charge < -0.3 is 36.3 Å². The van der Waals surface area contributed by atoms with Crippen LogP contribution in [0.5, 0.6) is 0 Å². The Labute approximate surface area is 94.9 Å². The molecule has 1 aliphatic carbocycles. The summed E-state index contributed by atoms with van der Waals surface area (Å²) in [5.74, 6) is 0. The molecule has 0 aromatic heterocycles. The molecule has 5 heteroatoms. The maximum atomic E-state index is 7.29. The first-order valence-electron chi connectivity index (χ1n) is 3.23. The predicted molar refractivity (Wildman–Crippen MR) is 34.7 cm³/mol. The summed E-state index contributed by atoms with van der Waals surface area (Å²) in [4.78, 5) is 0. The van der Waals surface area contributed by atoms with Gasteiger partial charge in [-0.15, -0.1) is 0 Å². The van der Waals surface area contributed by atoms with Crippen LogP contribution < -0.4 is 24.8 Å². The van der Waals surface area contributed by atoms with Gasteiger partial charge in [0.25, 0.3) is 0 Å². The summed E-state index contributed by atoms with van der Waals surface area (Å²) in [7, 11) is 0. The van der Waals surface area contributed by atoms with E-state index in [1.54, 1.807) is 0 Å². The molecule has 1 saturated carbocycles. The van der Waals surface area contributed by atoms with E-state index in [0.717, 1.165) is 12.8 Å². The van der Waals surface area contributed by atoms with Gasteiger partial charge in [-0.25, -0.2) is 0 Å². The fourth-order valence-corrected chi connectivity index (χ4v) is 1.13. The predicted octanol–water partition coefficient (Wildman–Crippen LogP) is -3.59. The minimum atomic E-state index is -0.0799. The smallest absolute Gasteiger partial charge is 1.00 e. The minimum Gasteiger partial charge on any atom is -1.00 e. The molecule has 0 aliphatic heterocycles. The van der Waals surface area contributed by atoms with Crippen molar-refractivity contribution in [1.29, 1.82) is 0 Å². The van der Waals surface area contributed by atoms with Crippen LogP contribution in [0.4, 0.5) is 0 Å². The largest absolute Gasteiger partial charge is 4.00 e. The second-order valence-electron chi connectivity index (χ2n) is 2.50. The van der Waals surface area contributed by atoms with Gasteiger partial charge in [0.1, 0.15) is 0 Å². The molecule has 1 aliphatic rings. The molecule has 2 atom stereocenters. The number of nitrogens with one attached hydrogen (secondary N) is 2. The number of hydrogen-bond donors (Lipinski definition) is 0. The van der Waals surface area contributed by atoms with Crippen LogP contribution in [0.1, 0.15) is 25.7 Å². The Balaban J connectivity index is -0.000000213. The van der Waals surface area contributed by atoms with Crippen LogP contribution in [0.25, 0.3) is 11.5 Å². The Morgan fingerprint density at radius 3 is 1.27 bits per heavy atom. The van der Waals surface area contributed by atoms with Gasteiger partial charge in [-0.2, -0.15) is 12.1 Å². The third kappa shape index (κ3) is 6.36. The summed E-state index contributed by atoms with van der Waals surface area (Å²) in [5.41, 5.74) is 14.6. The van der Waals surface area contributed by atoms with Gasteiger partial charge in [-0.05, 0) is 0 Å². The Morgan fingerprint density at radius 1 is 0.818 bits per heavy atom. The normalized spacial score (nSPS) is 28.9. The van der Waals surface area contributed by atoms with Crippen molar-refractivity contribution in [2.75, 3.05) is 0 Å². The zero-order valence-electron chi connectivity index (χ0n) is 6.06. The molecule has 0 bridgehead atoms. The molecule has 0 radical (unpaired) electrons. The van der Waals surface area contributed by atoms with Crippen LogP contribution in [0.2, 0.25) is 0 Å². The van der Waals surface area contributed by atoms with Gasteiger partial charge in [0, 0.05) is 0 Å². The van der Waals surface area contributed by atoms with Gasteiger partial charge in [0.15, 0.2) is 0 Å². The number of rotatable bonds is 0. The van der Waals surface area contributed by atoms with Gasteiger partial charge in [0.2, 0.25) is 0 Å². The zero-order valence-corrected chi connectivity index (χ0v) is 9.84. The molecular weight excluding hydrogens is 366 g/mol. The first-order chi connectivity index (χ1) is 3.80. The Hall–Kier alpha value is 1.19. The molecule has 0 aromatic rings. The van der Waals surface area contributed by atoms with Crippen molar-refractivity contribution < 1.29 is 45.9 Å². The standard InChI is InChI=1S/C6H12N2.2ClH.Pt/c7-5-3-1-2-4-6(5)8;;;/h5-8H,1-4H2;2*1H;/q-2;;;+4/p-2/t5-,6-;;;/m0.../s1. The average Bonchev–Trinajstić information content (AvgIpc) is 1.77. The van der Waals surface area contributed by atoms with E-state index in [1.807, 2.05) is 0 Å². The third-order valence-corrected chi connectivity index (χ3v) is 1.77. The van der Waals surface area contributed by atoms with Crippen LogP contribution in [0.15, 0.2) is 0 Å². The van der Waals surface area contributed by atoms with Crippen LogP contribution in [-0.2, 0) is 21.1 Å². The topological polar surface area (TPSA) is 47.6 Å². The molecule has 2 N–H and O–H groups in total. The summed E-state index contributed by atoms with van der Waals surface area (Å²) in [5, 5.41) is 0. The van der Waals surface area contributed by atoms with Gasteiger partial charge in [0.05, 0.1) is 0 Å². The molecule has 1 fully saturated rings. The van der Waals surface area contributed by atoms with E-state index in [1.165, 1.54) is 12.8 Å². The fraction of sp³-hybridized carbons (Fsp3) is 1.00. The minimum absolute atomic E-state index is 0. The zero-order chi connectivity index (χ0) is 5.98. The average molecular weight is 378 g/mol. The van der Waals surface area contributed by atoms with E-state index in [4.69, 9.17) is 11.5 Å². The molecule has 0 unspecified atom stereocenters. The second-order valence-corrected chi connectivity index (χ2v) is 2.50. The number of hydrogen-bond acceptors (Lipinski definition) is 0. The molecule has 70 valence electrons. The maximum Gasteiger partial charge on any atom is 4.00 e. The first kappa shape index (κ1) is 18.1. The van der Waals surface area contributed by atoms with Gasteiger partial charge in [-0.1, -0.05) is 25.7 Å². The molecular formula is C6H12Cl2N2Pt. The summed E-state index contributed by atoms with van der Waals surface area (Å²) in [6.45, 7) is 0. The third-order valence-electron chi connectivity index (χ3n) is 1.77. The van der Waals surface area contributed by atoms with E-state index in [2.05, 4.69) is 0 Å². The van der Waals surface area contributed by atoms with Gasteiger partial charge >= 0.3 is 21.1 Å². The molecule has 0 spiro atoms. The first-order valence-corrected chi connectivity index (χ1v) is 3.23. The van der Waals surface area contributed by atoms with Crippen LogP contribution in [0.3, 0.4) is 0 Å². The molecule has 2 nitrogen and oxygen atoms in total. The second kappa shape index (κ2) is 9.28. The van der Waals surface area contributed by atoms with Crippen molar-refractivity contribution in [3.63, 3.8) is 0 Å². The van der Waals surface area contributed by atoms with Gasteiger partial charge in [-0.3, -0.25) is 0 Å². The summed E-state index contributed by atoms with van der Waals surface area (Å²) in [6, 6.07) is -0.160. The molecule has 0 saturated heterocycles. The number of halogens is 2.